The molecule has 1 aromatic heterocycles. The topological polar surface area (TPSA) is 32.3 Å². The molecule has 3 aromatic rings. The Morgan fingerprint density at radius 2 is 1.26 bits per heavy atom. The van der Waals surface area contributed by atoms with Gasteiger partial charge in [0.1, 0.15) is 18.0 Å². The molecule has 0 amide bonds. The summed E-state index contributed by atoms with van der Waals surface area (Å²) in [6.45, 7) is 3.84. The van der Waals surface area contributed by atoms with Gasteiger partial charge >= 0.3 is 0 Å². The van der Waals surface area contributed by atoms with Gasteiger partial charge in [-0.1, -0.05) is 48.5 Å². The van der Waals surface area contributed by atoms with Crippen molar-refractivity contribution in [1.29, 1.82) is 0 Å². The van der Waals surface area contributed by atoms with Gasteiger partial charge in [0.2, 0.25) is 0 Å². The summed E-state index contributed by atoms with van der Waals surface area (Å²) in [5.41, 5.74) is 5.35. The summed E-state index contributed by atoms with van der Waals surface area (Å²) in [6.07, 6.45) is 1.72. The second-order valence-electron chi connectivity index (χ2n) is 7.00. The van der Waals surface area contributed by atoms with Crippen molar-refractivity contribution < 1.29 is 0 Å². The first-order chi connectivity index (χ1) is 13.4. The monoisotopic (exact) mass is 374 g/mol. The predicted octanol–water partition coefficient (Wildman–Crippen LogP) is 4.22. The minimum absolute atomic E-state index is 0.858. The van der Waals surface area contributed by atoms with E-state index in [0.717, 1.165) is 37.8 Å². The van der Waals surface area contributed by atoms with Gasteiger partial charge in [0, 0.05) is 43.8 Å². The summed E-state index contributed by atoms with van der Waals surface area (Å²) in [5.74, 6) is 4.39. The number of benzene rings is 2. The smallest absolute Gasteiger partial charge is 0.134 e. The lowest BCUT2D eigenvalue weighted by Crippen LogP contribution is -2.33. The van der Waals surface area contributed by atoms with E-state index in [1.807, 2.05) is 11.8 Å². The quantitative estimate of drug-likeness (QED) is 0.671. The number of aromatic nitrogens is 2. The molecule has 5 heteroatoms. The molecule has 2 aliphatic heterocycles. The Hall–Kier alpha value is -2.53. The first kappa shape index (κ1) is 16.6. The van der Waals surface area contributed by atoms with E-state index in [1.165, 1.54) is 33.8 Å². The van der Waals surface area contributed by atoms with Crippen LogP contribution in [0.15, 0.2) is 60.9 Å². The van der Waals surface area contributed by atoms with E-state index in [-0.39, 0.29) is 0 Å². The molecule has 0 atom stereocenters. The molecule has 1 fully saturated rings. The SMILES string of the molecule is c1ccc2c(c1)CN(c1cc(N3CCSCC3)ncn1)Cc1ccccc1-2. The van der Waals surface area contributed by atoms with Crippen molar-refractivity contribution in [3.05, 3.63) is 72.1 Å². The summed E-state index contributed by atoms with van der Waals surface area (Å²) >= 11 is 2.02. The van der Waals surface area contributed by atoms with E-state index in [9.17, 15) is 0 Å². The van der Waals surface area contributed by atoms with Crippen LogP contribution >= 0.6 is 11.8 Å². The van der Waals surface area contributed by atoms with Crippen molar-refractivity contribution in [2.45, 2.75) is 13.1 Å². The maximum atomic E-state index is 4.63. The second-order valence-corrected chi connectivity index (χ2v) is 8.23. The number of thioether (sulfide) groups is 1. The Bertz CT molecular complexity index is 905. The van der Waals surface area contributed by atoms with Crippen molar-refractivity contribution in [3.8, 4) is 11.1 Å². The molecule has 3 heterocycles. The average Bonchev–Trinajstić information content (AvgIpc) is 2.91. The van der Waals surface area contributed by atoms with Crippen LogP contribution in [0.25, 0.3) is 11.1 Å². The van der Waals surface area contributed by atoms with Crippen molar-refractivity contribution in [2.24, 2.45) is 0 Å². The Morgan fingerprint density at radius 3 is 1.89 bits per heavy atom. The maximum absolute atomic E-state index is 4.63. The lowest BCUT2D eigenvalue weighted by molar-refractivity contribution is 0.783. The van der Waals surface area contributed by atoms with Gasteiger partial charge in [0.05, 0.1) is 0 Å². The van der Waals surface area contributed by atoms with E-state index in [1.54, 1.807) is 6.33 Å². The molecule has 5 rings (SSSR count). The minimum Gasteiger partial charge on any atom is -0.355 e. The van der Waals surface area contributed by atoms with Crippen LogP contribution in [0.4, 0.5) is 11.6 Å². The fourth-order valence-electron chi connectivity index (χ4n) is 3.95. The van der Waals surface area contributed by atoms with Crippen molar-refractivity contribution in [1.82, 2.24) is 9.97 Å². The fourth-order valence-corrected chi connectivity index (χ4v) is 4.85. The van der Waals surface area contributed by atoms with Crippen LogP contribution in [0, 0.1) is 0 Å². The Morgan fingerprint density at radius 1 is 0.704 bits per heavy atom. The van der Waals surface area contributed by atoms with Crippen LogP contribution in [0.5, 0.6) is 0 Å². The molecule has 0 aliphatic carbocycles. The Balaban J connectivity index is 1.53. The van der Waals surface area contributed by atoms with Crippen molar-refractivity contribution >= 4 is 23.4 Å². The summed E-state index contributed by atoms with van der Waals surface area (Å²) in [7, 11) is 0. The first-order valence-corrected chi connectivity index (χ1v) is 10.6. The third-order valence-corrected chi connectivity index (χ3v) is 6.29. The summed E-state index contributed by atoms with van der Waals surface area (Å²) in [4.78, 5) is 13.9. The third-order valence-electron chi connectivity index (χ3n) is 5.34. The second kappa shape index (κ2) is 7.24. The molecule has 0 unspecified atom stereocenters. The van der Waals surface area contributed by atoms with Gasteiger partial charge in [-0.25, -0.2) is 9.97 Å². The highest BCUT2D eigenvalue weighted by Gasteiger charge is 2.21. The fraction of sp³-hybridized carbons (Fsp3) is 0.273. The molecule has 0 N–H and O–H groups in total. The number of nitrogens with zero attached hydrogens (tertiary/aromatic N) is 4. The molecule has 0 spiro atoms. The summed E-state index contributed by atoms with van der Waals surface area (Å²) in [6, 6.07) is 19.6. The number of anilines is 2. The molecule has 27 heavy (non-hydrogen) atoms. The highest BCUT2D eigenvalue weighted by atomic mass is 32.2. The molecule has 0 radical (unpaired) electrons. The van der Waals surface area contributed by atoms with E-state index in [0.29, 0.717) is 0 Å². The van der Waals surface area contributed by atoms with E-state index in [2.05, 4.69) is 74.4 Å². The Kier molecular flexibility index (Phi) is 4.46. The highest BCUT2D eigenvalue weighted by molar-refractivity contribution is 7.99. The summed E-state index contributed by atoms with van der Waals surface area (Å²) in [5, 5.41) is 0. The zero-order valence-corrected chi connectivity index (χ0v) is 16.0. The lowest BCUT2D eigenvalue weighted by Gasteiger charge is -2.29. The van der Waals surface area contributed by atoms with E-state index >= 15 is 0 Å². The number of rotatable bonds is 2. The third kappa shape index (κ3) is 3.28. The molecule has 2 aliphatic rings. The predicted molar refractivity (Wildman–Crippen MR) is 113 cm³/mol. The van der Waals surface area contributed by atoms with E-state index < -0.39 is 0 Å². The van der Waals surface area contributed by atoms with Crippen LogP contribution in [0.2, 0.25) is 0 Å². The van der Waals surface area contributed by atoms with Crippen LogP contribution in [0.1, 0.15) is 11.1 Å². The first-order valence-electron chi connectivity index (χ1n) is 9.44. The van der Waals surface area contributed by atoms with Gasteiger partial charge in [-0.15, -0.1) is 0 Å². The van der Waals surface area contributed by atoms with Gasteiger partial charge in [-0.2, -0.15) is 11.8 Å². The molecule has 2 aromatic carbocycles. The Labute approximate surface area is 164 Å². The average molecular weight is 375 g/mol. The molecule has 1 saturated heterocycles. The van der Waals surface area contributed by atoms with Crippen molar-refractivity contribution in [2.75, 3.05) is 34.4 Å². The number of hydrogen-bond donors (Lipinski definition) is 0. The molecule has 4 nitrogen and oxygen atoms in total. The minimum atomic E-state index is 0.858. The van der Waals surface area contributed by atoms with Gasteiger partial charge in [-0.05, 0) is 22.3 Å². The van der Waals surface area contributed by atoms with Crippen molar-refractivity contribution in [3.63, 3.8) is 0 Å². The van der Waals surface area contributed by atoms with Gasteiger partial charge in [-0.3, -0.25) is 0 Å². The molecule has 0 bridgehead atoms. The number of fused-ring (bicyclic) bond motifs is 3. The van der Waals surface area contributed by atoms with Crippen LogP contribution < -0.4 is 9.80 Å². The van der Waals surface area contributed by atoms with Crippen LogP contribution in [-0.4, -0.2) is 34.6 Å². The standard InChI is InChI=1S/C22H22N4S/c1-3-7-19-17(5-1)14-26(15-18-6-2-4-8-20(18)19)22-13-21(23-16-24-22)25-9-11-27-12-10-25/h1-8,13,16H,9-12,14-15H2. The lowest BCUT2D eigenvalue weighted by atomic mass is 9.97. The number of hydrogen-bond acceptors (Lipinski definition) is 5. The van der Waals surface area contributed by atoms with Crippen LogP contribution in [0.3, 0.4) is 0 Å². The normalized spacial score (nSPS) is 16.4. The zero-order chi connectivity index (χ0) is 18.1. The summed E-state index contributed by atoms with van der Waals surface area (Å²) < 4.78 is 0. The van der Waals surface area contributed by atoms with Gasteiger partial charge in [0.15, 0.2) is 0 Å². The molecule has 0 saturated carbocycles. The zero-order valence-electron chi connectivity index (χ0n) is 15.2. The molecule has 136 valence electrons. The highest BCUT2D eigenvalue weighted by Crippen LogP contribution is 2.34. The molecular weight excluding hydrogens is 352 g/mol. The van der Waals surface area contributed by atoms with Gasteiger partial charge in [0.25, 0.3) is 0 Å². The largest absolute Gasteiger partial charge is 0.355 e. The maximum Gasteiger partial charge on any atom is 0.134 e. The van der Waals surface area contributed by atoms with Crippen LogP contribution in [-0.2, 0) is 13.1 Å². The van der Waals surface area contributed by atoms with Gasteiger partial charge < -0.3 is 9.80 Å². The molecular formula is C22H22N4S. The van der Waals surface area contributed by atoms with E-state index in [4.69, 9.17) is 0 Å².